The highest BCUT2D eigenvalue weighted by Gasteiger charge is 2.38. The summed E-state index contributed by atoms with van der Waals surface area (Å²) in [4.78, 5) is 0. The zero-order valence-electron chi connectivity index (χ0n) is 15.2. The molecule has 26 heavy (non-hydrogen) atoms. The van der Waals surface area contributed by atoms with Gasteiger partial charge in [0.15, 0.2) is 5.69 Å². The van der Waals surface area contributed by atoms with E-state index >= 15 is 0 Å². The van der Waals surface area contributed by atoms with Crippen LogP contribution >= 0.6 is 0 Å². The second-order valence-corrected chi connectivity index (χ2v) is 6.22. The van der Waals surface area contributed by atoms with Crippen molar-refractivity contribution >= 4 is 10.9 Å². The molecule has 0 unspecified atom stereocenters. The van der Waals surface area contributed by atoms with E-state index in [-0.39, 0.29) is 10.9 Å². The van der Waals surface area contributed by atoms with Crippen LogP contribution in [0.5, 0.6) is 0 Å². The van der Waals surface area contributed by atoms with Crippen molar-refractivity contribution in [3.8, 4) is 0 Å². The lowest BCUT2D eigenvalue weighted by Crippen LogP contribution is -2.19. The Morgan fingerprint density at radius 2 is 1.58 bits per heavy atom. The normalized spacial score (nSPS) is 14.6. The summed E-state index contributed by atoms with van der Waals surface area (Å²) in [6, 6.07) is 4.94. The highest BCUT2D eigenvalue weighted by Crippen LogP contribution is 2.36. The molecule has 1 aliphatic carbocycles. The van der Waals surface area contributed by atoms with Crippen molar-refractivity contribution in [3.05, 3.63) is 30.0 Å². The van der Waals surface area contributed by atoms with Crippen LogP contribution in [0.2, 0.25) is 0 Å². The van der Waals surface area contributed by atoms with Gasteiger partial charge in [-0.2, -0.15) is 31.4 Å². The van der Waals surface area contributed by atoms with Gasteiger partial charge in [-0.1, -0.05) is 45.9 Å². The second-order valence-electron chi connectivity index (χ2n) is 6.22. The van der Waals surface area contributed by atoms with Crippen molar-refractivity contribution in [1.82, 2.24) is 9.78 Å². The Hall–Kier alpha value is -1.73. The molecule has 0 spiro atoms. The monoisotopic (exact) mass is 382 g/mol. The number of para-hydroxylation sites is 1. The molecule has 1 aromatic heterocycles. The van der Waals surface area contributed by atoms with E-state index in [1.54, 1.807) is 0 Å². The summed E-state index contributed by atoms with van der Waals surface area (Å²) in [6.45, 7) is 7.05. The smallest absolute Gasteiger partial charge is 0.255 e. The molecule has 148 valence electrons. The maximum atomic E-state index is 12.6. The van der Waals surface area contributed by atoms with E-state index < -0.39 is 24.6 Å². The van der Waals surface area contributed by atoms with Crippen molar-refractivity contribution in [1.29, 1.82) is 0 Å². The Morgan fingerprint density at radius 1 is 1.04 bits per heavy atom. The molecule has 0 N–H and O–H groups in total. The maximum absolute atomic E-state index is 12.6. The van der Waals surface area contributed by atoms with Gasteiger partial charge in [-0.25, -0.2) is 0 Å². The van der Waals surface area contributed by atoms with E-state index in [0.29, 0.717) is 4.68 Å². The Balaban J connectivity index is 0.000000353. The summed E-state index contributed by atoms with van der Waals surface area (Å²) in [7, 11) is 0. The van der Waals surface area contributed by atoms with E-state index in [9.17, 15) is 26.3 Å². The third-order valence-corrected chi connectivity index (χ3v) is 3.82. The highest BCUT2D eigenvalue weighted by molar-refractivity contribution is 5.82. The number of hydrogen-bond acceptors (Lipinski definition) is 1. The Bertz CT molecular complexity index is 681. The van der Waals surface area contributed by atoms with E-state index in [1.165, 1.54) is 31.0 Å². The third kappa shape index (κ3) is 6.53. The Morgan fingerprint density at radius 3 is 1.96 bits per heavy atom. The summed E-state index contributed by atoms with van der Waals surface area (Å²) in [5.74, 6) is 2.06. The second kappa shape index (κ2) is 8.77. The molecule has 0 radical (unpaired) electrons. The molecule has 2 aromatic rings. The molecule has 1 aliphatic rings. The lowest BCUT2D eigenvalue weighted by Gasteiger charge is -2.07. The van der Waals surface area contributed by atoms with Gasteiger partial charge in [0.25, 0.3) is 0 Å². The quantitative estimate of drug-likeness (QED) is 0.529. The summed E-state index contributed by atoms with van der Waals surface area (Å²) < 4.78 is 74.8. The molecule has 0 aliphatic heterocycles. The largest absolute Gasteiger partial charge is 0.435 e. The van der Waals surface area contributed by atoms with Gasteiger partial charge in [-0.3, -0.25) is 4.68 Å². The van der Waals surface area contributed by atoms with E-state index in [4.69, 9.17) is 0 Å². The van der Waals surface area contributed by atoms with Crippen molar-refractivity contribution in [2.75, 3.05) is 0 Å². The Kier molecular flexibility index (Phi) is 7.53. The summed E-state index contributed by atoms with van der Waals surface area (Å²) in [5, 5.41) is 2.68. The van der Waals surface area contributed by atoms with Crippen molar-refractivity contribution in [2.45, 2.75) is 59.4 Å². The SMILES string of the molecule is CC.CC(C)C1CC1.FC(F)(F)Cn1nc(C(F)(F)F)c2ccccc21. The first kappa shape index (κ1) is 22.3. The van der Waals surface area contributed by atoms with Gasteiger partial charge in [-0.15, -0.1) is 0 Å². The zero-order chi connectivity index (χ0) is 20.1. The lowest BCUT2D eigenvalue weighted by atomic mass is 10.1. The maximum Gasteiger partial charge on any atom is 0.435 e. The van der Waals surface area contributed by atoms with Crippen LogP contribution in [0.4, 0.5) is 26.3 Å². The highest BCUT2D eigenvalue weighted by atomic mass is 19.4. The van der Waals surface area contributed by atoms with Crippen LogP contribution in [0, 0.1) is 11.8 Å². The van der Waals surface area contributed by atoms with Gasteiger partial charge in [0.2, 0.25) is 0 Å². The van der Waals surface area contributed by atoms with Crippen LogP contribution in [-0.2, 0) is 12.7 Å². The van der Waals surface area contributed by atoms with Gasteiger partial charge < -0.3 is 0 Å². The van der Waals surface area contributed by atoms with E-state index in [1.807, 2.05) is 13.8 Å². The summed E-state index contributed by atoms with van der Waals surface area (Å²) in [5.41, 5.74) is -1.50. The Labute approximate surface area is 149 Å². The molecule has 0 amide bonds. The van der Waals surface area contributed by atoms with Crippen molar-refractivity contribution in [3.63, 3.8) is 0 Å². The minimum atomic E-state index is -4.78. The molecule has 8 heteroatoms. The zero-order valence-corrected chi connectivity index (χ0v) is 15.2. The predicted molar refractivity (Wildman–Crippen MR) is 89.7 cm³/mol. The fraction of sp³-hybridized carbons (Fsp3) is 0.611. The third-order valence-electron chi connectivity index (χ3n) is 3.82. The standard InChI is InChI=1S/C10H6F6N2.C6H12.C2H6/c11-9(12,13)5-18-7-4-2-1-3-6(7)8(17-18)10(14,15)16;1-5(2)6-3-4-6;1-2/h1-4H,5H2;5-6H,3-4H2,1-2H3;1-2H3. The number of fused-ring (bicyclic) bond motifs is 1. The van der Waals surface area contributed by atoms with Crippen LogP contribution in [0.15, 0.2) is 24.3 Å². The predicted octanol–water partition coefficient (Wildman–Crippen LogP) is 6.70. The number of halogens is 6. The van der Waals surface area contributed by atoms with Gasteiger partial charge in [-0.05, 0) is 30.7 Å². The van der Waals surface area contributed by atoms with Gasteiger partial charge >= 0.3 is 12.4 Å². The average molecular weight is 382 g/mol. The first-order chi connectivity index (χ1) is 12.0. The lowest BCUT2D eigenvalue weighted by molar-refractivity contribution is -0.148. The molecule has 0 saturated heterocycles. The average Bonchev–Trinajstić information content (AvgIpc) is 3.32. The molecule has 1 fully saturated rings. The molecule has 0 atom stereocenters. The number of alkyl halides is 6. The van der Waals surface area contributed by atoms with Crippen LogP contribution in [0.3, 0.4) is 0 Å². The number of hydrogen-bond donors (Lipinski definition) is 0. The van der Waals surface area contributed by atoms with E-state index in [2.05, 4.69) is 18.9 Å². The number of aromatic nitrogens is 2. The van der Waals surface area contributed by atoms with Crippen LogP contribution < -0.4 is 0 Å². The van der Waals surface area contributed by atoms with Crippen LogP contribution in [0.25, 0.3) is 10.9 Å². The molecule has 0 bridgehead atoms. The van der Waals surface area contributed by atoms with Gasteiger partial charge in [0.1, 0.15) is 6.54 Å². The minimum Gasteiger partial charge on any atom is -0.255 e. The molecule has 1 heterocycles. The minimum absolute atomic E-state index is 0.192. The fourth-order valence-electron chi connectivity index (χ4n) is 2.39. The van der Waals surface area contributed by atoms with Crippen molar-refractivity contribution in [2.24, 2.45) is 11.8 Å². The number of rotatable bonds is 2. The summed E-state index contributed by atoms with van der Waals surface area (Å²) >= 11 is 0. The van der Waals surface area contributed by atoms with Gasteiger partial charge in [0, 0.05) is 5.39 Å². The fourth-order valence-corrected chi connectivity index (χ4v) is 2.39. The molecule has 2 nitrogen and oxygen atoms in total. The number of benzene rings is 1. The molecular formula is C18H24F6N2. The first-order valence-corrected chi connectivity index (χ1v) is 8.58. The van der Waals surface area contributed by atoms with Gasteiger partial charge in [0.05, 0.1) is 5.52 Å². The number of nitrogens with zero attached hydrogens (tertiary/aromatic N) is 2. The molecule has 1 saturated carbocycles. The van der Waals surface area contributed by atoms with Crippen LogP contribution in [0.1, 0.15) is 46.2 Å². The first-order valence-electron chi connectivity index (χ1n) is 8.58. The molecular weight excluding hydrogens is 358 g/mol. The molecule has 1 aromatic carbocycles. The summed E-state index contributed by atoms with van der Waals surface area (Å²) in [6.07, 6.45) is -6.41. The van der Waals surface area contributed by atoms with Crippen molar-refractivity contribution < 1.29 is 26.3 Å². The van der Waals surface area contributed by atoms with Crippen LogP contribution in [-0.4, -0.2) is 16.0 Å². The molecule has 3 rings (SSSR count). The van der Waals surface area contributed by atoms with E-state index in [0.717, 1.165) is 17.9 Å². The topological polar surface area (TPSA) is 17.8 Å².